The molecule has 16 heavy (non-hydrogen) atoms. The minimum Gasteiger partial charge on any atom is -0.330 e. The van der Waals surface area contributed by atoms with Crippen LogP contribution in [0.15, 0.2) is 24.3 Å². The molecule has 0 spiro atoms. The van der Waals surface area contributed by atoms with Crippen LogP contribution in [0.3, 0.4) is 0 Å². The summed E-state index contributed by atoms with van der Waals surface area (Å²) in [5.74, 6) is 3.91. The highest BCUT2D eigenvalue weighted by Crippen LogP contribution is 2.32. The molecule has 0 radical (unpaired) electrons. The summed E-state index contributed by atoms with van der Waals surface area (Å²) in [5.41, 5.74) is 8.66. The monoisotopic (exact) mass is 235 g/mol. The first-order valence-electron chi connectivity index (χ1n) is 6.19. The second-order valence-electron chi connectivity index (χ2n) is 4.69. The molecule has 1 heterocycles. The van der Waals surface area contributed by atoms with Crippen LogP contribution in [0.1, 0.15) is 42.7 Å². The summed E-state index contributed by atoms with van der Waals surface area (Å²) in [6.07, 6.45) is 2.68. The Morgan fingerprint density at radius 3 is 2.81 bits per heavy atom. The number of hydrogen-bond donors (Lipinski definition) is 1. The van der Waals surface area contributed by atoms with Gasteiger partial charge in [-0.05, 0) is 53.9 Å². The van der Waals surface area contributed by atoms with E-state index in [2.05, 4.69) is 43.0 Å². The average molecular weight is 235 g/mol. The van der Waals surface area contributed by atoms with E-state index in [1.807, 2.05) is 0 Å². The molecule has 0 aromatic heterocycles. The Kier molecular flexibility index (Phi) is 4.30. The minimum atomic E-state index is 0.484. The molecule has 2 heteroatoms. The maximum Gasteiger partial charge on any atom is -0.00109 e. The Morgan fingerprint density at radius 2 is 2.12 bits per heavy atom. The fourth-order valence-electron chi connectivity index (χ4n) is 2.29. The standard InChI is InChI=1S/C14H21NS/c1-11(10-15)13-3-2-4-14(9-13)12-5-7-16-8-6-12/h2-4,9,11-12H,5-8,10,15H2,1H3. The van der Waals surface area contributed by atoms with Crippen molar-refractivity contribution in [3.63, 3.8) is 0 Å². The van der Waals surface area contributed by atoms with Gasteiger partial charge < -0.3 is 5.73 Å². The van der Waals surface area contributed by atoms with Gasteiger partial charge in [-0.15, -0.1) is 0 Å². The molecule has 1 saturated heterocycles. The zero-order chi connectivity index (χ0) is 11.4. The third-order valence-electron chi connectivity index (χ3n) is 3.53. The Hall–Kier alpha value is -0.470. The zero-order valence-electron chi connectivity index (χ0n) is 9.99. The van der Waals surface area contributed by atoms with E-state index in [0.29, 0.717) is 5.92 Å². The number of hydrogen-bond acceptors (Lipinski definition) is 2. The highest BCUT2D eigenvalue weighted by molar-refractivity contribution is 7.99. The smallest absolute Gasteiger partial charge is 0.00109 e. The second kappa shape index (κ2) is 5.74. The van der Waals surface area contributed by atoms with E-state index in [9.17, 15) is 0 Å². The predicted molar refractivity (Wildman–Crippen MR) is 73.2 cm³/mol. The molecule has 1 aliphatic rings. The Bertz CT molecular complexity index is 331. The van der Waals surface area contributed by atoms with Gasteiger partial charge in [0.2, 0.25) is 0 Å². The van der Waals surface area contributed by atoms with E-state index in [1.54, 1.807) is 0 Å². The van der Waals surface area contributed by atoms with Gasteiger partial charge in [0.25, 0.3) is 0 Å². The second-order valence-corrected chi connectivity index (χ2v) is 5.92. The average Bonchev–Trinajstić information content (AvgIpc) is 2.39. The van der Waals surface area contributed by atoms with Crippen molar-refractivity contribution in [3.8, 4) is 0 Å². The van der Waals surface area contributed by atoms with Crippen molar-refractivity contribution >= 4 is 11.8 Å². The van der Waals surface area contributed by atoms with E-state index in [0.717, 1.165) is 12.5 Å². The van der Waals surface area contributed by atoms with E-state index >= 15 is 0 Å². The van der Waals surface area contributed by atoms with Crippen LogP contribution in [0.5, 0.6) is 0 Å². The van der Waals surface area contributed by atoms with Gasteiger partial charge in [-0.1, -0.05) is 31.2 Å². The third-order valence-corrected chi connectivity index (χ3v) is 4.57. The molecule has 1 nitrogen and oxygen atoms in total. The van der Waals surface area contributed by atoms with Crippen LogP contribution in [-0.4, -0.2) is 18.1 Å². The van der Waals surface area contributed by atoms with E-state index < -0.39 is 0 Å². The van der Waals surface area contributed by atoms with E-state index in [4.69, 9.17) is 5.73 Å². The molecule has 0 saturated carbocycles. The first-order valence-corrected chi connectivity index (χ1v) is 7.34. The molecule has 88 valence electrons. The number of benzene rings is 1. The molecule has 2 rings (SSSR count). The molecule has 1 fully saturated rings. The van der Waals surface area contributed by atoms with Crippen LogP contribution in [0, 0.1) is 0 Å². The molecular formula is C14H21NS. The molecule has 0 bridgehead atoms. The number of rotatable bonds is 3. The van der Waals surface area contributed by atoms with Crippen molar-refractivity contribution in [2.24, 2.45) is 5.73 Å². The normalized spacial score (nSPS) is 19.6. The lowest BCUT2D eigenvalue weighted by Gasteiger charge is -2.22. The van der Waals surface area contributed by atoms with Crippen LogP contribution in [0.4, 0.5) is 0 Å². The van der Waals surface area contributed by atoms with E-state index in [-0.39, 0.29) is 0 Å². The van der Waals surface area contributed by atoms with Crippen LogP contribution < -0.4 is 5.73 Å². The molecule has 1 atom stereocenters. The lowest BCUT2D eigenvalue weighted by atomic mass is 9.90. The molecule has 1 unspecified atom stereocenters. The third kappa shape index (κ3) is 2.80. The molecule has 0 aliphatic carbocycles. The van der Waals surface area contributed by atoms with Crippen molar-refractivity contribution in [2.45, 2.75) is 31.6 Å². The van der Waals surface area contributed by atoms with E-state index in [1.165, 1.54) is 35.5 Å². The Balaban J connectivity index is 2.14. The first kappa shape index (κ1) is 12.0. The van der Waals surface area contributed by atoms with Crippen molar-refractivity contribution in [1.29, 1.82) is 0 Å². The van der Waals surface area contributed by atoms with Crippen molar-refractivity contribution in [3.05, 3.63) is 35.4 Å². The predicted octanol–water partition coefficient (Wildman–Crippen LogP) is 3.36. The summed E-state index contributed by atoms with van der Waals surface area (Å²) in [4.78, 5) is 0. The molecule has 1 aromatic carbocycles. The highest BCUT2D eigenvalue weighted by Gasteiger charge is 2.16. The van der Waals surface area contributed by atoms with Gasteiger partial charge in [0, 0.05) is 0 Å². The van der Waals surface area contributed by atoms with Gasteiger partial charge in [-0.3, -0.25) is 0 Å². The summed E-state index contributed by atoms with van der Waals surface area (Å²) in [6.45, 7) is 2.94. The lowest BCUT2D eigenvalue weighted by Crippen LogP contribution is -2.11. The Morgan fingerprint density at radius 1 is 1.38 bits per heavy atom. The Labute approximate surface area is 103 Å². The van der Waals surface area contributed by atoms with Gasteiger partial charge in [0.1, 0.15) is 0 Å². The molecule has 0 amide bonds. The molecule has 2 N–H and O–H groups in total. The van der Waals surface area contributed by atoms with Crippen molar-refractivity contribution < 1.29 is 0 Å². The first-order chi connectivity index (χ1) is 7.81. The largest absolute Gasteiger partial charge is 0.330 e. The highest BCUT2D eigenvalue weighted by atomic mass is 32.2. The van der Waals surface area contributed by atoms with Gasteiger partial charge in [0.05, 0.1) is 0 Å². The maximum atomic E-state index is 5.73. The van der Waals surface area contributed by atoms with Crippen LogP contribution >= 0.6 is 11.8 Å². The van der Waals surface area contributed by atoms with Gasteiger partial charge in [-0.25, -0.2) is 0 Å². The minimum absolute atomic E-state index is 0.484. The lowest BCUT2D eigenvalue weighted by molar-refractivity contribution is 0.635. The van der Waals surface area contributed by atoms with Crippen molar-refractivity contribution in [1.82, 2.24) is 0 Å². The maximum absolute atomic E-state index is 5.73. The van der Waals surface area contributed by atoms with Crippen LogP contribution in [0.25, 0.3) is 0 Å². The SMILES string of the molecule is CC(CN)c1cccc(C2CCSCC2)c1. The fraction of sp³-hybridized carbons (Fsp3) is 0.571. The summed E-state index contributed by atoms with van der Waals surface area (Å²) in [5, 5.41) is 0. The topological polar surface area (TPSA) is 26.0 Å². The van der Waals surface area contributed by atoms with Gasteiger partial charge in [0.15, 0.2) is 0 Å². The summed E-state index contributed by atoms with van der Waals surface area (Å²) in [7, 11) is 0. The van der Waals surface area contributed by atoms with Gasteiger partial charge >= 0.3 is 0 Å². The zero-order valence-corrected chi connectivity index (χ0v) is 10.8. The molecule has 1 aromatic rings. The fourth-order valence-corrected chi connectivity index (χ4v) is 3.39. The van der Waals surface area contributed by atoms with Crippen LogP contribution in [-0.2, 0) is 0 Å². The quantitative estimate of drug-likeness (QED) is 0.869. The van der Waals surface area contributed by atoms with Gasteiger partial charge in [-0.2, -0.15) is 11.8 Å². The summed E-state index contributed by atoms with van der Waals surface area (Å²) < 4.78 is 0. The number of nitrogens with two attached hydrogens (primary N) is 1. The summed E-state index contributed by atoms with van der Waals surface area (Å²) >= 11 is 2.09. The molecular weight excluding hydrogens is 214 g/mol. The number of thioether (sulfide) groups is 1. The molecule has 1 aliphatic heterocycles. The van der Waals surface area contributed by atoms with Crippen LogP contribution in [0.2, 0.25) is 0 Å². The van der Waals surface area contributed by atoms with Crippen molar-refractivity contribution in [2.75, 3.05) is 18.1 Å². The summed E-state index contributed by atoms with van der Waals surface area (Å²) in [6, 6.07) is 9.06.